The fourth-order valence-electron chi connectivity index (χ4n) is 2.91. The number of anilines is 1. The second kappa shape index (κ2) is 5.38. The number of pyridine rings is 1. The summed E-state index contributed by atoms with van der Waals surface area (Å²) < 4.78 is 15.8. The predicted molar refractivity (Wildman–Crippen MR) is 84.4 cm³/mol. The molecule has 0 atom stereocenters. The van der Waals surface area contributed by atoms with Gasteiger partial charge < -0.3 is 5.32 Å². The molecule has 4 nitrogen and oxygen atoms in total. The second-order valence-corrected chi connectivity index (χ2v) is 7.33. The van der Waals surface area contributed by atoms with Crippen molar-refractivity contribution in [3.05, 3.63) is 29.7 Å². The van der Waals surface area contributed by atoms with Crippen molar-refractivity contribution in [1.29, 1.82) is 0 Å². The zero-order valence-electron chi connectivity index (χ0n) is 13.3. The van der Waals surface area contributed by atoms with Crippen LogP contribution in [0.2, 0.25) is 0 Å². The molecule has 0 saturated heterocycles. The van der Waals surface area contributed by atoms with Gasteiger partial charge in [0.2, 0.25) is 5.91 Å². The molecule has 5 heteroatoms. The van der Waals surface area contributed by atoms with Crippen molar-refractivity contribution in [3.8, 4) is 0 Å². The minimum absolute atomic E-state index is 0.0723. The lowest BCUT2D eigenvalue weighted by Gasteiger charge is -2.26. The molecule has 2 aromatic rings. The van der Waals surface area contributed by atoms with Gasteiger partial charge in [0.05, 0.1) is 0 Å². The number of hydrogen-bond acceptors (Lipinski definition) is 2. The van der Waals surface area contributed by atoms with Gasteiger partial charge in [-0.05, 0) is 36.3 Å². The summed E-state index contributed by atoms with van der Waals surface area (Å²) in [6.07, 6.45) is 5.33. The SMILES string of the molecule is CC(C)(C)CC(=O)Nc1nn2cccc(F)c2c1C1CCC1. The van der Waals surface area contributed by atoms with E-state index in [1.54, 1.807) is 12.3 Å². The summed E-state index contributed by atoms with van der Waals surface area (Å²) in [7, 11) is 0. The Morgan fingerprint density at radius 2 is 2.18 bits per heavy atom. The molecule has 0 spiro atoms. The topological polar surface area (TPSA) is 46.4 Å². The minimum atomic E-state index is -0.284. The third-order valence-corrected chi connectivity index (χ3v) is 4.11. The van der Waals surface area contributed by atoms with Crippen LogP contribution in [-0.2, 0) is 4.79 Å². The average molecular weight is 303 g/mol. The molecule has 1 aliphatic rings. The molecule has 0 aromatic carbocycles. The van der Waals surface area contributed by atoms with E-state index in [0.29, 0.717) is 23.7 Å². The van der Waals surface area contributed by atoms with Gasteiger partial charge in [-0.3, -0.25) is 4.79 Å². The zero-order chi connectivity index (χ0) is 15.9. The molecule has 2 heterocycles. The second-order valence-electron chi connectivity index (χ2n) is 7.33. The van der Waals surface area contributed by atoms with E-state index in [9.17, 15) is 9.18 Å². The Morgan fingerprint density at radius 1 is 1.45 bits per heavy atom. The third-order valence-electron chi connectivity index (χ3n) is 4.11. The molecule has 1 saturated carbocycles. The summed E-state index contributed by atoms with van der Waals surface area (Å²) in [6.45, 7) is 6.05. The Morgan fingerprint density at radius 3 is 2.77 bits per heavy atom. The van der Waals surface area contributed by atoms with E-state index >= 15 is 0 Å². The first-order chi connectivity index (χ1) is 10.3. The molecule has 1 aliphatic carbocycles. The largest absolute Gasteiger partial charge is 0.309 e. The summed E-state index contributed by atoms with van der Waals surface area (Å²) in [4.78, 5) is 12.2. The van der Waals surface area contributed by atoms with Gasteiger partial charge in [0.25, 0.3) is 0 Å². The van der Waals surface area contributed by atoms with E-state index in [0.717, 1.165) is 24.8 Å². The molecular formula is C17H22FN3O. The van der Waals surface area contributed by atoms with E-state index in [4.69, 9.17) is 0 Å². The normalized spacial score (nSPS) is 15.8. The maximum absolute atomic E-state index is 14.2. The van der Waals surface area contributed by atoms with Crippen LogP contribution in [0.3, 0.4) is 0 Å². The Labute approximate surface area is 129 Å². The molecule has 2 aromatic heterocycles. The highest BCUT2D eigenvalue weighted by Gasteiger charge is 2.29. The molecule has 0 radical (unpaired) electrons. The van der Waals surface area contributed by atoms with Crippen LogP contribution >= 0.6 is 0 Å². The van der Waals surface area contributed by atoms with Crippen molar-refractivity contribution in [3.63, 3.8) is 0 Å². The van der Waals surface area contributed by atoms with Crippen LogP contribution in [-0.4, -0.2) is 15.5 Å². The van der Waals surface area contributed by atoms with Crippen molar-refractivity contribution in [2.24, 2.45) is 5.41 Å². The van der Waals surface area contributed by atoms with Gasteiger partial charge in [-0.25, -0.2) is 8.91 Å². The van der Waals surface area contributed by atoms with E-state index in [2.05, 4.69) is 10.4 Å². The molecule has 0 bridgehead atoms. The van der Waals surface area contributed by atoms with Crippen LogP contribution < -0.4 is 5.32 Å². The van der Waals surface area contributed by atoms with E-state index < -0.39 is 0 Å². The van der Waals surface area contributed by atoms with Gasteiger partial charge in [-0.2, -0.15) is 0 Å². The Bertz CT molecular complexity index is 710. The number of aromatic nitrogens is 2. The Balaban J connectivity index is 1.98. The maximum atomic E-state index is 14.2. The van der Waals surface area contributed by atoms with Gasteiger partial charge in [0.1, 0.15) is 11.3 Å². The van der Waals surface area contributed by atoms with Gasteiger partial charge >= 0.3 is 0 Å². The van der Waals surface area contributed by atoms with Crippen molar-refractivity contribution in [1.82, 2.24) is 9.61 Å². The molecule has 1 N–H and O–H groups in total. The molecular weight excluding hydrogens is 281 g/mol. The molecule has 0 unspecified atom stereocenters. The van der Waals surface area contributed by atoms with Crippen molar-refractivity contribution in [2.45, 2.75) is 52.4 Å². The molecule has 1 amide bonds. The number of carbonyl (C=O) groups is 1. The van der Waals surface area contributed by atoms with Gasteiger partial charge in [0, 0.05) is 18.2 Å². The lowest BCUT2D eigenvalue weighted by molar-refractivity contribution is -0.117. The highest BCUT2D eigenvalue weighted by atomic mass is 19.1. The van der Waals surface area contributed by atoms with Crippen LogP contribution in [0.1, 0.15) is 57.9 Å². The maximum Gasteiger partial charge on any atom is 0.226 e. The van der Waals surface area contributed by atoms with Gasteiger partial charge in [-0.1, -0.05) is 27.2 Å². The van der Waals surface area contributed by atoms with Crippen molar-refractivity contribution >= 4 is 17.2 Å². The number of hydrogen-bond donors (Lipinski definition) is 1. The van der Waals surface area contributed by atoms with Crippen LogP contribution in [0.15, 0.2) is 18.3 Å². The quantitative estimate of drug-likeness (QED) is 0.927. The first-order valence-electron chi connectivity index (χ1n) is 7.82. The molecule has 22 heavy (non-hydrogen) atoms. The fourth-order valence-corrected chi connectivity index (χ4v) is 2.91. The van der Waals surface area contributed by atoms with Gasteiger partial charge in [-0.15, -0.1) is 5.10 Å². The van der Waals surface area contributed by atoms with Crippen LogP contribution in [0, 0.1) is 11.2 Å². The zero-order valence-corrected chi connectivity index (χ0v) is 13.3. The summed E-state index contributed by atoms with van der Waals surface area (Å²) in [6, 6.07) is 3.07. The van der Waals surface area contributed by atoms with Crippen molar-refractivity contribution < 1.29 is 9.18 Å². The van der Waals surface area contributed by atoms with Crippen LogP contribution in [0.25, 0.3) is 5.52 Å². The summed E-state index contributed by atoms with van der Waals surface area (Å²) in [5.41, 5.74) is 1.26. The van der Waals surface area contributed by atoms with E-state index in [1.807, 2.05) is 20.8 Å². The molecule has 118 valence electrons. The standard InChI is InChI=1S/C17H22FN3O/c1-17(2,3)10-13(22)19-16-14(11-6-4-7-11)15-12(18)8-5-9-21(15)20-16/h5,8-9,11H,4,6-7,10H2,1-3H3,(H,19,20,22). The lowest BCUT2D eigenvalue weighted by atomic mass is 9.80. The predicted octanol–water partition coefficient (Wildman–Crippen LogP) is 4.12. The van der Waals surface area contributed by atoms with Crippen molar-refractivity contribution in [2.75, 3.05) is 5.32 Å². The molecule has 3 rings (SSSR count). The smallest absolute Gasteiger partial charge is 0.226 e. The number of nitrogens with zero attached hydrogens (tertiary/aromatic N) is 2. The summed E-state index contributed by atoms with van der Waals surface area (Å²) in [5.74, 6) is 0.452. The van der Waals surface area contributed by atoms with E-state index in [-0.39, 0.29) is 17.1 Å². The monoisotopic (exact) mass is 303 g/mol. The third kappa shape index (κ3) is 2.85. The average Bonchev–Trinajstić information content (AvgIpc) is 2.64. The Hall–Kier alpha value is -1.91. The minimum Gasteiger partial charge on any atom is -0.309 e. The number of amides is 1. The van der Waals surface area contributed by atoms with Crippen LogP contribution in [0.4, 0.5) is 10.2 Å². The number of rotatable bonds is 3. The highest BCUT2D eigenvalue weighted by Crippen LogP contribution is 2.42. The Kier molecular flexibility index (Phi) is 3.67. The number of halogens is 1. The van der Waals surface area contributed by atoms with Gasteiger partial charge in [0.15, 0.2) is 5.82 Å². The highest BCUT2D eigenvalue weighted by molar-refractivity contribution is 5.92. The first kappa shape index (κ1) is 15.0. The molecule has 0 aliphatic heterocycles. The first-order valence-corrected chi connectivity index (χ1v) is 7.82. The number of nitrogens with one attached hydrogen (secondary N) is 1. The number of carbonyl (C=O) groups excluding carboxylic acids is 1. The summed E-state index contributed by atoms with van der Waals surface area (Å²) in [5, 5.41) is 7.29. The van der Waals surface area contributed by atoms with Crippen LogP contribution in [0.5, 0.6) is 0 Å². The number of fused-ring (bicyclic) bond motifs is 1. The fraction of sp³-hybridized carbons (Fsp3) is 0.529. The lowest BCUT2D eigenvalue weighted by Crippen LogP contribution is -2.21. The summed E-state index contributed by atoms with van der Waals surface area (Å²) >= 11 is 0. The molecule has 1 fully saturated rings. The van der Waals surface area contributed by atoms with E-state index in [1.165, 1.54) is 10.6 Å².